The summed E-state index contributed by atoms with van der Waals surface area (Å²) < 4.78 is 5.66. The standard InChI is InChI=1S/C16H18N2O3/c1-11-3-4-12-13(19)10-15(21-14(12)9-11)16(20)18-7-5-17(2)6-8-18/h3-4,9-10H,5-8H2,1-2H3. The Morgan fingerprint density at radius 1 is 1.14 bits per heavy atom. The highest BCUT2D eigenvalue weighted by Gasteiger charge is 2.23. The van der Waals surface area contributed by atoms with Crippen LogP contribution < -0.4 is 5.43 Å². The smallest absolute Gasteiger partial charge is 0.289 e. The van der Waals surface area contributed by atoms with E-state index in [1.54, 1.807) is 17.0 Å². The maximum Gasteiger partial charge on any atom is 0.289 e. The molecule has 1 aliphatic heterocycles. The molecule has 1 aromatic heterocycles. The minimum Gasteiger partial charge on any atom is -0.451 e. The fourth-order valence-electron chi connectivity index (χ4n) is 2.53. The number of carbonyl (C=O) groups is 1. The zero-order chi connectivity index (χ0) is 15.0. The lowest BCUT2D eigenvalue weighted by Crippen LogP contribution is -2.47. The predicted octanol–water partition coefficient (Wildman–Crippen LogP) is 1.49. The molecule has 2 heterocycles. The van der Waals surface area contributed by atoms with Crippen LogP contribution in [0.3, 0.4) is 0 Å². The molecule has 0 unspecified atom stereocenters. The van der Waals surface area contributed by atoms with Gasteiger partial charge in [-0.25, -0.2) is 0 Å². The summed E-state index contributed by atoms with van der Waals surface area (Å²) in [6.07, 6.45) is 0. The van der Waals surface area contributed by atoms with Crippen LogP contribution in [0, 0.1) is 6.92 Å². The Bertz CT molecular complexity index is 743. The van der Waals surface area contributed by atoms with E-state index in [-0.39, 0.29) is 17.1 Å². The maximum atomic E-state index is 12.5. The number of hydrogen-bond donors (Lipinski definition) is 0. The average Bonchev–Trinajstić information content (AvgIpc) is 2.46. The zero-order valence-electron chi connectivity index (χ0n) is 12.3. The van der Waals surface area contributed by atoms with Crippen LogP contribution in [0.25, 0.3) is 11.0 Å². The van der Waals surface area contributed by atoms with Crippen molar-refractivity contribution in [2.45, 2.75) is 6.92 Å². The SMILES string of the molecule is Cc1ccc2c(=O)cc(C(=O)N3CCN(C)CC3)oc2c1. The number of fused-ring (bicyclic) bond motifs is 1. The number of amides is 1. The van der Waals surface area contributed by atoms with Crippen molar-refractivity contribution in [1.82, 2.24) is 9.80 Å². The van der Waals surface area contributed by atoms with Crippen LogP contribution >= 0.6 is 0 Å². The van der Waals surface area contributed by atoms with Crippen molar-refractivity contribution in [1.29, 1.82) is 0 Å². The molecule has 1 aliphatic rings. The van der Waals surface area contributed by atoms with Crippen LogP contribution in [0.15, 0.2) is 33.5 Å². The minimum atomic E-state index is -0.205. The molecule has 1 saturated heterocycles. The summed E-state index contributed by atoms with van der Waals surface area (Å²) >= 11 is 0. The minimum absolute atomic E-state index is 0.127. The molecule has 0 atom stereocenters. The van der Waals surface area contributed by atoms with Gasteiger partial charge in [-0.2, -0.15) is 0 Å². The molecule has 0 bridgehead atoms. The molecule has 0 saturated carbocycles. The highest BCUT2D eigenvalue weighted by molar-refractivity contribution is 5.93. The van der Waals surface area contributed by atoms with Crippen molar-refractivity contribution < 1.29 is 9.21 Å². The molecule has 1 fully saturated rings. The van der Waals surface area contributed by atoms with Crippen LogP contribution in [0.4, 0.5) is 0 Å². The molecule has 5 heteroatoms. The number of benzene rings is 1. The lowest BCUT2D eigenvalue weighted by atomic mass is 10.1. The second kappa shape index (κ2) is 5.33. The Labute approximate surface area is 122 Å². The van der Waals surface area contributed by atoms with E-state index in [4.69, 9.17) is 4.42 Å². The second-order valence-electron chi connectivity index (χ2n) is 5.57. The molecule has 21 heavy (non-hydrogen) atoms. The number of hydrogen-bond acceptors (Lipinski definition) is 4. The van der Waals surface area contributed by atoms with E-state index in [1.807, 2.05) is 20.0 Å². The molecule has 3 rings (SSSR count). The summed E-state index contributed by atoms with van der Waals surface area (Å²) in [7, 11) is 2.03. The third-order valence-corrected chi connectivity index (χ3v) is 3.89. The number of piperazine rings is 1. The molecule has 5 nitrogen and oxygen atoms in total. The number of nitrogens with zero attached hydrogens (tertiary/aromatic N) is 2. The highest BCUT2D eigenvalue weighted by Crippen LogP contribution is 2.16. The van der Waals surface area contributed by atoms with Gasteiger partial charge in [0, 0.05) is 32.2 Å². The molecular weight excluding hydrogens is 268 g/mol. The highest BCUT2D eigenvalue weighted by atomic mass is 16.3. The van der Waals surface area contributed by atoms with E-state index < -0.39 is 0 Å². The first-order valence-electron chi connectivity index (χ1n) is 7.07. The van der Waals surface area contributed by atoms with Crippen LogP contribution in [-0.4, -0.2) is 48.9 Å². The van der Waals surface area contributed by atoms with Gasteiger partial charge in [-0.15, -0.1) is 0 Å². The van der Waals surface area contributed by atoms with Crippen LogP contribution in [0.2, 0.25) is 0 Å². The molecule has 0 aliphatic carbocycles. The molecule has 110 valence electrons. The van der Waals surface area contributed by atoms with Gasteiger partial charge in [0.2, 0.25) is 0 Å². The van der Waals surface area contributed by atoms with Gasteiger partial charge >= 0.3 is 0 Å². The molecule has 1 amide bonds. The van der Waals surface area contributed by atoms with Gasteiger partial charge < -0.3 is 14.2 Å². The van der Waals surface area contributed by atoms with E-state index in [0.29, 0.717) is 24.1 Å². The first-order valence-corrected chi connectivity index (χ1v) is 7.07. The molecule has 0 radical (unpaired) electrons. The van der Waals surface area contributed by atoms with E-state index >= 15 is 0 Å². The van der Waals surface area contributed by atoms with Crippen molar-refractivity contribution in [3.8, 4) is 0 Å². The summed E-state index contributed by atoms with van der Waals surface area (Å²) in [6, 6.07) is 6.69. The fourth-order valence-corrected chi connectivity index (χ4v) is 2.53. The maximum absolute atomic E-state index is 12.5. The lowest BCUT2D eigenvalue weighted by molar-refractivity contribution is 0.0633. The number of likely N-dealkylation sites (N-methyl/N-ethyl adjacent to an activating group) is 1. The third-order valence-electron chi connectivity index (χ3n) is 3.89. The largest absolute Gasteiger partial charge is 0.451 e. The second-order valence-corrected chi connectivity index (χ2v) is 5.57. The lowest BCUT2D eigenvalue weighted by Gasteiger charge is -2.31. The van der Waals surface area contributed by atoms with Gasteiger partial charge in [-0.1, -0.05) is 6.07 Å². The number of aryl methyl sites for hydroxylation is 1. The summed E-state index contributed by atoms with van der Waals surface area (Å²) in [6.45, 7) is 4.91. The summed E-state index contributed by atoms with van der Waals surface area (Å²) in [5.41, 5.74) is 1.29. The molecule has 0 spiro atoms. The van der Waals surface area contributed by atoms with Crippen molar-refractivity contribution in [2.24, 2.45) is 0 Å². The van der Waals surface area contributed by atoms with E-state index in [2.05, 4.69) is 4.90 Å². The topological polar surface area (TPSA) is 53.8 Å². The Balaban J connectivity index is 1.96. The van der Waals surface area contributed by atoms with Crippen LogP contribution in [-0.2, 0) is 0 Å². The van der Waals surface area contributed by atoms with Crippen LogP contribution in [0.5, 0.6) is 0 Å². The zero-order valence-corrected chi connectivity index (χ0v) is 12.3. The summed E-state index contributed by atoms with van der Waals surface area (Å²) in [4.78, 5) is 28.5. The van der Waals surface area contributed by atoms with E-state index in [0.717, 1.165) is 18.7 Å². The van der Waals surface area contributed by atoms with Gasteiger partial charge in [-0.3, -0.25) is 9.59 Å². The Morgan fingerprint density at radius 2 is 1.86 bits per heavy atom. The number of rotatable bonds is 1. The predicted molar refractivity (Wildman–Crippen MR) is 80.6 cm³/mol. The normalized spacial score (nSPS) is 16.4. The van der Waals surface area contributed by atoms with E-state index in [1.165, 1.54) is 6.07 Å². The van der Waals surface area contributed by atoms with Crippen molar-refractivity contribution in [3.63, 3.8) is 0 Å². The third kappa shape index (κ3) is 2.69. The van der Waals surface area contributed by atoms with Crippen LogP contribution in [0.1, 0.15) is 16.1 Å². The summed E-state index contributed by atoms with van der Waals surface area (Å²) in [5, 5.41) is 0.510. The van der Waals surface area contributed by atoms with Crippen molar-refractivity contribution in [3.05, 3.63) is 45.8 Å². The fraction of sp³-hybridized carbons (Fsp3) is 0.375. The monoisotopic (exact) mass is 286 g/mol. The van der Waals surface area contributed by atoms with Gasteiger partial charge in [0.05, 0.1) is 5.39 Å². The average molecular weight is 286 g/mol. The first kappa shape index (κ1) is 13.8. The number of carbonyl (C=O) groups excluding carboxylic acids is 1. The van der Waals surface area contributed by atoms with Gasteiger partial charge in [0.1, 0.15) is 5.58 Å². The quantitative estimate of drug-likeness (QED) is 0.797. The molecular formula is C16H18N2O3. The van der Waals surface area contributed by atoms with Gasteiger partial charge in [0.25, 0.3) is 5.91 Å². The Morgan fingerprint density at radius 3 is 2.57 bits per heavy atom. The van der Waals surface area contributed by atoms with E-state index in [9.17, 15) is 9.59 Å². The van der Waals surface area contributed by atoms with Crippen molar-refractivity contribution >= 4 is 16.9 Å². The first-order chi connectivity index (χ1) is 10.0. The molecule has 2 aromatic rings. The van der Waals surface area contributed by atoms with Gasteiger partial charge in [-0.05, 0) is 31.7 Å². The Hall–Kier alpha value is -2.14. The summed E-state index contributed by atoms with van der Waals surface area (Å²) in [5.74, 6) is -0.0775. The Kier molecular flexibility index (Phi) is 3.51. The van der Waals surface area contributed by atoms with Gasteiger partial charge in [0.15, 0.2) is 11.2 Å². The molecule has 0 N–H and O–H groups in total. The van der Waals surface area contributed by atoms with Crippen molar-refractivity contribution in [2.75, 3.05) is 33.2 Å². The molecule has 1 aromatic carbocycles.